The summed E-state index contributed by atoms with van der Waals surface area (Å²) in [5.74, 6) is 0. The molecule has 0 spiro atoms. The van der Waals surface area contributed by atoms with Gasteiger partial charge in [0.2, 0.25) is 0 Å². The molecule has 8 rings (SSSR count). The number of hydrogen-bond acceptors (Lipinski definition) is 1. The van der Waals surface area contributed by atoms with Crippen LogP contribution in [0.2, 0.25) is 0 Å². The van der Waals surface area contributed by atoms with Gasteiger partial charge in [0.15, 0.2) is 0 Å². The van der Waals surface area contributed by atoms with Gasteiger partial charge in [-0.05, 0) is 103 Å². The molecule has 0 saturated carbocycles. The third-order valence-corrected chi connectivity index (χ3v) is 12.2. The molecule has 5 aromatic carbocycles. The highest BCUT2D eigenvalue weighted by Gasteiger charge is 2.40. The largest absolute Gasteiger partial charge is 0.316 e. The second kappa shape index (κ2) is 14.0. The summed E-state index contributed by atoms with van der Waals surface area (Å²) in [5, 5.41) is 2.46. The van der Waals surface area contributed by atoms with Crippen molar-refractivity contribution in [2.45, 2.75) is 71.1 Å². The zero-order valence-corrected chi connectivity index (χ0v) is 34.1. The normalized spacial score (nSPS) is 17.4. The van der Waals surface area contributed by atoms with Crippen molar-refractivity contribution < 1.29 is 0 Å². The minimum absolute atomic E-state index is 0.0335. The summed E-state index contributed by atoms with van der Waals surface area (Å²) in [5.41, 5.74) is 17.2. The van der Waals surface area contributed by atoms with E-state index in [4.69, 9.17) is 0 Å². The number of fused-ring (bicyclic) bond motifs is 5. The lowest BCUT2D eigenvalue weighted by Gasteiger charge is -2.30. The Bertz CT molecular complexity index is 2620. The molecule has 0 amide bonds. The van der Waals surface area contributed by atoms with Crippen molar-refractivity contribution in [2.24, 2.45) is 0 Å². The molecule has 5 aromatic rings. The van der Waals surface area contributed by atoms with Gasteiger partial charge in [-0.3, -0.25) is 0 Å². The van der Waals surface area contributed by atoms with Crippen LogP contribution in [0.3, 0.4) is 0 Å². The molecule has 0 radical (unpaired) electrons. The zero-order chi connectivity index (χ0) is 39.4. The average Bonchev–Trinajstić information content (AvgIpc) is 3.55. The third kappa shape index (κ3) is 6.11. The Balaban J connectivity index is 1.39. The van der Waals surface area contributed by atoms with Crippen molar-refractivity contribution in [2.75, 3.05) is 4.90 Å². The Morgan fingerprint density at radius 3 is 2.25 bits per heavy atom. The van der Waals surface area contributed by atoms with Gasteiger partial charge in [-0.1, -0.05) is 189 Å². The predicted octanol–water partition coefficient (Wildman–Crippen LogP) is 15.0. The smallest absolute Gasteiger partial charge is 0.0615 e. The highest BCUT2D eigenvalue weighted by atomic mass is 15.1. The Kier molecular flexibility index (Phi) is 9.24. The minimum atomic E-state index is -0.235. The number of hydrogen-bond donors (Lipinski definition) is 0. The lowest BCUT2D eigenvalue weighted by molar-refractivity contribution is 0.588. The van der Waals surface area contributed by atoms with Gasteiger partial charge in [-0.25, -0.2) is 0 Å². The van der Waals surface area contributed by atoms with Gasteiger partial charge in [0.05, 0.1) is 5.69 Å². The Hall–Kier alpha value is -5.92. The Labute approximate surface area is 334 Å². The van der Waals surface area contributed by atoms with Crippen LogP contribution in [0.1, 0.15) is 88.3 Å². The molecule has 0 heterocycles. The van der Waals surface area contributed by atoms with Crippen molar-refractivity contribution in [1.82, 2.24) is 0 Å². The van der Waals surface area contributed by atoms with Gasteiger partial charge in [-0.2, -0.15) is 0 Å². The van der Waals surface area contributed by atoms with E-state index in [1.165, 1.54) is 77.7 Å². The molecule has 0 N–H and O–H groups in total. The van der Waals surface area contributed by atoms with Crippen LogP contribution < -0.4 is 4.90 Å². The van der Waals surface area contributed by atoms with Gasteiger partial charge in [0.25, 0.3) is 0 Å². The summed E-state index contributed by atoms with van der Waals surface area (Å²) in [6.45, 7) is 24.8. The molecular weight excluding hydrogens is 675 g/mol. The van der Waals surface area contributed by atoms with E-state index < -0.39 is 0 Å². The predicted molar refractivity (Wildman–Crippen MR) is 244 cm³/mol. The van der Waals surface area contributed by atoms with E-state index in [1.807, 2.05) is 6.08 Å². The first-order chi connectivity index (χ1) is 26.9. The molecule has 0 unspecified atom stereocenters. The summed E-state index contributed by atoms with van der Waals surface area (Å²) in [6.07, 6.45) is 22.8. The fourth-order valence-electron chi connectivity index (χ4n) is 9.29. The summed E-state index contributed by atoms with van der Waals surface area (Å²) >= 11 is 0. The van der Waals surface area contributed by atoms with Gasteiger partial charge in [0, 0.05) is 33.7 Å². The zero-order valence-electron chi connectivity index (χ0n) is 34.1. The first kappa shape index (κ1) is 37.0. The lowest BCUT2D eigenvalue weighted by Crippen LogP contribution is -2.18. The van der Waals surface area contributed by atoms with Gasteiger partial charge < -0.3 is 4.90 Å². The number of nitrogens with zero attached hydrogens (tertiary/aromatic N) is 1. The fraction of sp³-hybridized carbons (Fsp3) is 0.200. The van der Waals surface area contributed by atoms with Crippen molar-refractivity contribution in [3.8, 4) is 11.1 Å². The Morgan fingerprint density at radius 1 is 0.750 bits per heavy atom. The second-order valence-corrected chi connectivity index (χ2v) is 17.5. The third-order valence-electron chi connectivity index (χ3n) is 12.2. The van der Waals surface area contributed by atoms with E-state index in [-0.39, 0.29) is 16.2 Å². The van der Waals surface area contributed by atoms with E-state index in [1.54, 1.807) is 0 Å². The first-order valence-electron chi connectivity index (χ1n) is 20.0. The molecule has 56 heavy (non-hydrogen) atoms. The van der Waals surface area contributed by atoms with Crippen molar-refractivity contribution >= 4 is 33.3 Å². The van der Waals surface area contributed by atoms with Crippen LogP contribution in [0, 0.1) is 0 Å². The maximum absolute atomic E-state index is 4.33. The van der Waals surface area contributed by atoms with Crippen LogP contribution in [0.15, 0.2) is 182 Å². The highest BCUT2D eigenvalue weighted by molar-refractivity contribution is 6.08. The van der Waals surface area contributed by atoms with Gasteiger partial charge in [0.1, 0.15) is 0 Å². The second-order valence-electron chi connectivity index (χ2n) is 17.5. The summed E-state index contributed by atoms with van der Waals surface area (Å²) in [4.78, 5) is 2.46. The number of allylic oxidation sites excluding steroid dienone is 13. The summed E-state index contributed by atoms with van der Waals surface area (Å²) in [7, 11) is 0. The van der Waals surface area contributed by atoms with Crippen molar-refractivity contribution in [3.05, 3.63) is 216 Å². The first-order valence-corrected chi connectivity index (χ1v) is 20.0. The van der Waals surface area contributed by atoms with Crippen LogP contribution in [0.4, 0.5) is 11.4 Å². The molecule has 1 heteroatoms. The molecule has 278 valence electrons. The quantitative estimate of drug-likeness (QED) is 0.144. The summed E-state index contributed by atoms with van der Waals surface area (Å²) in [6, 6.07) is 36.2. The minimum Gasteiger partial charge on any atom is -0.316 e. The highest BCUT2D eigenvalue weighted by Crippen LogP contribution is 2.56. The maximum atomic E-state index is 4.33. The van der Waals surface area contributed by atoms with Crippen molar-refractivity contribution in [1.29, 1.82) is 0 Å². The molecule has 3 aliphatic carbocycles. The summed E-state index contributed by atoms with van der Waals surface area (Å²) < 4.78 is 0. The SMILES string of the molecule is C=C/C=C(\C=C/N(c1ccc2c(c1)C(C)(C)C(/C=C1/C=CC=CC1)=C2C=C)c1c2c(cc3ccccc13)C(C)(C)c1ccccc1-2)c1ccccc1C(C)(C)C. The monoisotopic (exact) mass is 727 g/mol. The van der Waals surface area contributed by atoms with Crippen LogP contribution in [0.5, 0.6) is 0 Å². The molecule has 0 aliphatic heterocycles. The standard InChI is InChI=1S/C55H53N/c1-10-21-38(42-25-17-19-28-46(42)53(3,4)5)32-33-56(40-30-31-44-41(11-2)48(55(8,9)49(44)36-40)34-37-22-13-12-14-23-37)52-43-26-16-15-24-39(43)35-50-51(52)45-27-18-20-29-47(45)54(50,6)7/h10-22,24-36H,1-2,23H2,3-9H3/b33-32-,37-34-,38-21+. The average molecular weight is 728 g/mol. The van der Waals surface area contributed by atoms with Crippen LogP contribution in [-0.2, 0) is 16.2 Å². The molecule has 0 fully saturated rings. The molecule has 0 aromatic heterocycles. The van der Waals surface area contributed by atoms with E-state index in [0.717, 1.165) is 17.7 Å². The maximum Gasteiger partial charge on any atom is 0.0615 e. The fourth-order valence-corrected chi connectivity index (χ4v) is 9.29. The molecular formula is C55H53N. The molecule has 3 aliphatic rings. The van der Waals surface area contributed by atoms with Crippen LogP contribution in [-0.4, -0.2) is 0 Å². The molecule has 0 atom stereocenters. The van der Waals surface area contributed by atoms with E-state index in [9.17, 15) is 0 Å². The molecule has 1 nitrogen and oxygen atoms in total. The number of anilines is 2. The Morgan fingerprint density at radius 2 is 1.50 bits per heavy atom. The van der Waals surface area contributed by atoms with E-state index in [0.29, 0.717) is 0 Å². The van der Waals surface area contributed by atoms with Gasteiger partial charge >= 0.3 is 0 Å². The lowest BCUT2D eigenvalue weighted by atomic mass is 9.80. The number of rotatable bonds is 8. The van der Waals surface area contributed by atoms with Crippen LogP contribution in [0.25, 0.3) is 33.0 Å². The van der Waals surface area contributed by atoms with E-state index in [2.05, 4.69) is 218 Å². The van der Waals surface area contributed by atoms with Crippen molar-refractivity contribution in [3.63, 3.8) is 0 Å². The number of benzene rings is 5. The van der Waals surface area contributed by atoms with Gasteiger partial charge in [-0.15, -0.1) is 0 Å². The molecule has 0 bridgehead atoms. The van der Waals surface area contributed by atoms with Crippen LogP contribution >= 0.6 is 0 Å². The topological polar surface area (TPSA) is 3.24 Å². The molecule has 0 saturated heterocycles. The van der Waals surface area contributed by atoms with E-state index >= 15 is 0 Å².